The fourth-order valence-electron chi connectivity index (χ4n) is 2.35. The molecule has 0 atom stereocenters. The van der Waals surface area contributed by atoms with E-state index >= 15 is 0 Å². The largest absolute Gasteiger partial charge is 0.488 e. The number of hydrogen-bond donors (Lipinski definition) is 0. The van der Waals surface area contributed by atoms with Crippen LogP contribution in [0.15, 0.2) is 56.8 Å². The molecule has 0 aliphatic carbocycles. The van der Waals surface area contributed by atoms with E-state index in [-0.39, 0.29) is 0 Å². The van der Waals surface area contributed by atoms with Crippen molar-refractivity contribution in [1.29, 1.82) is 0 Å². The van der Waals surface area contributed by atoms with Crippen LogP contribution in [-0.2, 0) is 20.9 Å². The Morgan fingerprint density at radius 2 is 2.00 bits per heavy atom. The molecule has 0 bridgehead atoms. The summed E-state index contributed by atoms with van der Waals surface area (Å²) >= 11 is 3.46. The Hall–Kier alpha value is -2.01. The first-order chi connectivity index (χ1) is 11.6. The molecule has 0 fully saturated rings. The van der Waals surface area contributed by atoms with Gasteiger partial charge in [0.05, 0.1) is 18.9 Å². The summed E-state index contributed by atoms with van der Waals surface area (Å²) in [6.45, 7) is 4.27. The number of ether oxygens (including phenoxy) is 2. The van der Waals surface area contributed by atoms with E-state index in [9.17, 15) is 4.79 Å². The summed E-state index contributed by atoms with van der Waals surface area (Å²) in [6.07, 6.45) is 6.86. The average Bonchev–Trinajstić information content (AvgIpc) is 2.98. The number of carbonyl (C=O) groups is 1. The molecule has 0 N–H and O–H groups in total. The number of furan rings is 1. The van der Waals surface area contributed by atoms with E-state index in [2.05, 4.69) is 15.9 Å². The Morgan fingerprint density at radius 1 is 1.25 bits per heavy atom. The third kappa shape index (κ3) is 4.29. The molecule has 0 aliphatic rings. The smallest absolute Gasteiger partial charge is 0.341 e. The van der Waals surface area contributed by atoms with Crippen molar-refractivity contribution in [2.75, 3.05) is 7.11 Å². The fraction of sp³-hybridized carbons (Fsp3) is 0.316. The highest BCUT2D eigenvalue weighted by Crippen LogP contribution is 2.27. The van der Waals surface area contributed by atoms with Crippen molar-refractivity contribution in [3.63, 3.8) is 0 Å². The minimum Gasteiger partial charge on any atom is -0.488 e. The lowest BCUT2D eigenvalue weighted by Crippen LogP contribution is -2.10. The lowest BCUT2D eigenvalue weighted by atomic mass is 10.1. The van der Waals surface area contributed by atoms with Crippen LogP contribution in [0.3, 0.4) is 0 Å². The van der Waals surface area contributed by atoms with Crippen LogP contribution in [0, 0.1) is 0 Å². The summed E-state index contributed by atoms with van der Waals surface area (Å²) < 4.78 is 17.3. The second-order valence-corrected chi connectivity index (χ2v) is 6.10. The number of carbonyl (C=O) groups excluding carboxylic acids is 1. The molecule has 1 aromatic heterocycles. The first-order valence-electron chi connectivity index (χ1n) is 7.88. The van der Waals surface area contributed by atoms with E-state index in [1.807, 2.05) is 44.2 Å². The van der Waals surface area contributed by atoms with E-state index in [1.165, 1.54) is 7.11 Å². The third-order valence-electron chi connectivity index (χ3n) is 3.47. The molecular weight excluding hydrogens is 372 g/mol. The molecule has 4 nitrogen and oxygen atoms in total. The minimum absolute atomic E-state index is 0.313. The quantitative estimate of drug-likeness (QED) is 0.269. The van der Waals surface area contributed by atoms with E-state index in [0.717, 1.165) is 33.8 Å². The van der Waals surface area contributed by atoms with Crippen molar-refractivity contribution in [3.05, 3.63) is 58.0 Å². The van der Waals surface area contributed by atoms with Gasteiger partial charge in [-0.2, -0.15) is 0 Å². The Bertz CT molecular complexity index is 771. The van der Waals surface area contributed by atoms with Crippen LogP contribution in [0.1, 0.15) is 32.3 Å². The van der Waals surface area contributed by atoms with E-state index in [1.54, 1.807) is 6.26 Å². The SMILES string of the molecule is CC/C=C(OCc1coc2ccc(Br)cc12)\C(=C/CC)C(=O)OC. The maximum absolute atomic E-state index is 12.0. The molecule has 0 amide bonds. The molecular formula is C19H21BrO4. The molecule has 2 rings (SSSR count). The van der Waals surface area contributed by atoms with Gasteiger partial charge in [-0.05, 0) is 37.1 Å². The molecule has 128 valence electrons. The van der Waals surface area contributed by atoms with Crippen molar-refractivity contribution in [2.24, 2.45) is 0 Å². The lowest BCUT2D eigenvalue weighted by molar-refractivity contribution is -0.136. The van der Waals surface area contributed by atoms with E-state index < -0.39 is 5.97 Å². The van der Waals surface area contributed by atoms with Crippen LogP contribution in [0.25, 0.3) is 11.0 Å². The highest BCUT2D eigenvalue weighted by Gasteiger charge is 2.17. The zero-order chi connectivity index (χ0) is 17.5. The first-order valence-corrected chi connectivity index (χ1v) is 8.67. The minimum atomic E-state index is -0.392. The Balaban J connectivity index is 2.25. The van der Waals surface area contributed by atoms with Gasteiger partial charge < -0.3 is 13.9 Å². The molecule has 0 spiro atoms. The molecule has 0 unspecified atom stereocenters. The topological polar surface area (TPSA) is 48.7 Å². The van der Waals surface area contributed by atoms with Crippen molar-refractivity contribution in [1.82, 2.24) is 0 Å². The Labute approximate surface area is 150 Å². The highest BCUT2D eigenvalue weighted by molar-refractivity contribution is 9.10. The summed E-state index contributed by atoms with van der Waals surface area (Å²) in [4.78, 5) is 12.0. The van der Waals surface area contributed by atoms with Gasteiger partial charge in [-0.3, -0.25) is 0 Å². The van der Waals surface area contributed by atoms with Gasteiger partial charge in [0.2, 0.25) is 0 Å². The summed E-state index contributed by atoms with van der Waals surface area (Å²) in [7, 11) is 1.37. The molecule has 2 aromatic rings. The molecule has 0 saturated heterocycles. The molecule has 0 saturated carbocycles. The number of fused-ring (bicyclic) bond motifs is 1. The first kappa shape index (κ1) is 18.3. The van der Waals surface area contributed by atoms with Gasteiger partial charge in [0.15, 0.2) is 0 Å². The predicted octanol–water partition coefficient (Wildman–Crippen LogP) is 5.52. The van der Waals surface area contributed by atoms with Gasteiger partial charge in [0.1, 0.15) is 17.9 Å². The summed E-state index contributed by atoms with van der Waals surface area (Å²) in [5, 5.41) is 0.985. The Kier molecular flexibility index (Phi) is 6.67. The third-order valence-corrected chi connectivity index (χ3v) is 3.96. The normalized spacial score (nSPS) is 12.5. The zero-order valence-corrected chi connectivity index (χ0v) is 15.7. The number of esters is 1. The van der Waals surface area contributed by atoms with Gasteiger partial charge in [0, 0.05) is 15.4 Å². The molecule has 24 heavy (non-hydrogen) atoms. The number of benzene rings is 1. The Morgan fingerprint density at radius 3 is 2.67 bits per heavy atom. The summed E-state index contributed by atoms with van der Waals surface area (Å²) in [6, 6.07) is 5.82. The maximum atomic E-state index is 12.0. The molecule has 1 aromatic carbocycles. The van der Waals surface area contributed by atoms with Crippen LogP contribution in [0.2, 0.25) is 0 Å². The van der Waals surface area contributed by atoms with Crippen molar-refractivity contribution in [2.45, 2.75) is 33.3 Å². The lowest BCUT2D eigenvalue weighted by Gasteiger charge is -2.12. The van der Waals surface area contributed by atoms with Crippen LogP contribution >= 0.6 is 15.9 Å². The molecule has 0 aliphatic heterocycles. The number of halogens is 1. The van der Waals surface area contributed by atoms with Gasteiger partial charge in [-0.15, -0.1) is 0 Å². The predicted molar refractivity (Wildman–Crippen MR) is 97.5 cm³/mol. The second-order valence-electron chi connectivity index (χ2n) is 5.18. The molecule has 1 heterocycles. The van der Waals surface area contributed by atoms with Gasteiger partial charge >= 0.3 is 5.97 Å². The van der Waals surface area contributed by atoms with E-state index in [0.29, 0.717) is 17.9 Å². The van der Waals surface area contributed by atoms with Crippen LogP contribution in [-0.4, -0.2) is 13.1 Å². The standard InChI is InChI=1S/C19H21BrO4/c1-4-6-15(19(21)22-3)17(7-5-2)23-11-13-12-24-18-9-8-14(20)10-16(13)18/h6-10,12H,4-5,11H2,1-3H3/b15-6+,17-7+. The maximum Gasteiger partial charge on any atom is 0.341 e. The van der Waals surface area contributed by atoms with Crippen molar-refractivity contribution < 1.29 is 18.7 Å². The number of hydrogen-bond acceptors (Lipinski definition) is 4. The summed E-state index contributed by atoms with van der Waals surface area (Å²) in [5.41, 5.74) is 2.18. The summed E-state index contributed by atoms with van der Waals surface area (Å²) in [5.74, 6) is 0.145. The van der Waals surface area contributed by atoms with Gasteiger partial charge in [-0.25, -0.2) is 4.79 Å². The highest BCUT2D eigenvalue weighted by atomic mass is 79.9. The van der Waals surface area contributed by atoms with Crippen molar-refractivity contribution >= 4 is 32.9 Å². The van der Waals surface area contributed by atoms with Crippen LogP contribution in [0.4, 0.5) is 0 Å². The monoisotopic (exact) mass is 392 g/mol. The van der Waals surface area contributed by atoms with Crippen LogP contribution < -0.4 is 0 Å². The van der Waals surface area contributed by atoms with Crippen LogP contribution in [0.5, 0.6) is 0 Å². The number of methoxy groups -OCH3 is 1. The number of allylic oxidation sites excluding steroid dienone is 2. The fourth-order valence-corrected chi connectivity index (χ4v) is 2.71. The zero-order valence-electron chi connectivity index (χ0n) is 14.1. The second kappa shape index (κ2) is 8.73. The number of rotatable bonds is 7. The average molecular weight is 393 g/mol. The van der Waals surface area contributed by atoms with Gasteiger partial charge in [-0.1, -0.05) is 35.9 Å². The molecule has 0 radical (unpaired) electrons. The van der Waals surface area contributed by atoms with Crippen molar-refractivity contribution in [3.8, 4) is 0 Å². The van der Waals surface area contributed by atoms with Gasteiger partial charge in [0.25, 0.3) is 0 Å². The van der Waals surface area contributed by atoms with E-state index in [4.69, 9.17) is 13.9 Å². The molecule has 5 heteroatoms.